The van der Waals surface area contributed by atoms with E-state index in [1.54, 1.807) is 0 Å². The van der Waals surface area contributed by atoms with Gasteiger partial charge in [0.25, 0.3) is 0 Å². The molecule has 1 aromatic heterocycles. The van der Waals surface area contributed by atoms with E-state index in [-0.39, 0.29) is 6.10 Å². The Bertz CT molecular complexity index is 390. The number of hydrogen-bond donors (Lipinski definition) is 1. The van der Waals surface area contributed by atoms with Crippen molar-refractivity contribution < 1.29 is 4.74 Å². The Hall–Kier alpha value is -1.14. The molecule has 1 aromatic rings. The molecule has 0 amide bonds. The number of nitrogens with two attached hydrogens (primary N) is 1. The summed E-state index contributed by atoms with van der Waals surface area (Å²) in [5.41, 5.74) is 6.61. The van der Waals surface area contributed by atoms with E-state index < -0.39 is 0 Å². The van der Waals surface area contributed by atoms with Crippen molar-refractivity contribution in [3.8, 4) is 0 Å². The third kappa shape index (κ3) is 3.20. The van der Waals surface area contributed by atoms with Crippen molar-refractivity contribution in [1.82, 2.24) is 19.9 Å². The zero-order valence-electron chi connectivity index (χ0n) is 11.5. The fourth-order valence-corrected chi connectivity index (χ4v) is 2.31. The Labute approximate surface area is 108 Å². The maximum absolute atomic E-state index is 5.79. The summed E-state index contributed by atoms with van der Waals surface area (Å²) >= 11 is 0. The van der Waals surface area contributed by atoms with E-state index in [0.717, 1.165) is 38.5 Å². The van der Waals surface area contributed by atoms with Crippen molar-refractivity contribution in [2.24, 2.45) is 5.92 Å². The molecule has 0 radical (unpaired) electrons. The molecule has 18 heavy (non-hydrogen) atoms. The quantitative estimate of drug-likeness (QED) is 0.847. The molecule has 2 N–H and O–H groups in total. The average Bonchev–Trinajstić information content (AvgIpc) is 2.61. The predicted octanol–water partition coefficient (Wildman–Crippen LogP) is 0.526. The fourth-order valence-electron chi connectivity index (χ4n) is 2.31. The number of ether oxygens (including phenoxy) is 1. The van der Waals surface area contributed by atoms with Gasteiger partial charge in [0.05, 0.1) is 24.9 Å². The summed E-state index contributed by atoms with van der Waals surface area (Å²) in [5.74, 6) is 1.19. The molecule has 102 valence electrons. The summed E-state index contributed by atoms with van der Waals surface area (Å²) in [7, 11) is 0. The molecule has 0 saturated carbocycles. The average molecular weight is 253 g/mol. The smallest absolute Gasteiger partial charge is 0.168 e. The van der Waals surface area contributed by atoms with Crippen molar-refractivity contribution in [2.45, 2.75) is 33.4 Å². The molecular formula is C12H23N5O. The Kier molecular flexibility index (Phi) is 4.19. The molecule has 1 aliphatic heterocycles. The Balaban J connectivity index is 1.91. The van der Waals surface area contributed by atoms with E-state index in [2.05, 4.69) is 29.1 Å². The first-order chi connectivity index (χ1) is 8.56. The first kappa shape index (κ1) is 13.3. The molecule has 1 saturated heterocycles. The monoisotopic (exact) mass is 253 g/mol. The van der Waals surface area contributed by atoms with Crippen molar-refractivity contribution in [3.05, 3.63) is 5.69 Å². The maximum Gasteiger partial charge on any atom is 0.168 e. The van der Waals surface area contributed by atoms with Gasteiger partial charge in [0.2, 0.25) is 0 Å². The van der Waals surface area contributed by atoms with Gasteiger partial charge in [-0.2, -0.15) is 0 Å². The van der Waals surface area contributed by atoms with E-state index in [1.807, 2.05) is 11.6 Å². The molecule has 1 aliphatic rings. The maximum atomic E-state index is 5.79. The lowest BCUT2D eigenvalue weighted by molar-refractivity contribution is -0.0408. The topological polar surface area (TPSA) is 69.2 Å². The van der Waals surface area contributed by atoms with Crippen LogP contribution in [0.1, 0.15) is 19.5 Å². The minimum absolute atomic E-state index is 0.178. The van der Waals surface area contributed by atoms with Gasteiger partial charge in [-0.1, -0.05) is 19.1 Å². The van der Waals surface area contributed by atoms with Crippen LogP contribution in [0.5, 0.6) is 0 Å². The normalized spacial score (nSPS) is 21.7. The predicted molar refractivity (Wildman–Crippen MR) is 70.2 cm³/mol. The highest BCUT2D eigenvalue weighted by atomic mass is 16.5. The van der Waals surface area contributed by atoms with Crippen LogP contribution in [0.2, 0.25) is 0 Å². The molecular weight excluding hydrogens is 230 g/mol. The minimum atomic E-state index is 0.178. The second-order valence-electron chi connectivity index (χ2n) is 5.39. The van der Waals surface area contributed by atoms with Gasteiger partial charge in [0.1, 0.15) is 0 Å². The van der Waals surface area contributed by atoms with Crippen LogP contribution in [0.3, 0.4) is 0 Å². The lowest BCUT2D eigenvalue weighted by Gasteiger charge is -2.33. The SMILES string of the molecule is Cc1c(N)nnn1CC1CN(CC(C)C)CCO1. The van der Waals surface area contributed by atoms with Gasteiger partial charge in [0, 0.05) is 19.6 Å². The van der Waals surface area contributed by atoms with Gasteiger partial charge in [-0.3, -0.25) is 4.90 Å². The second-order valence-corrected chi connectivity index (χ2v) is 5.39. The molecule has 6 nitrogen and oxygen atoms in total. The number of nitrogens with zero attached hydrogens (tertiary/aromatic N) is 4. The molecule has 0 aromatic carbocycles. The zero-order chi connectivity index (χ0) is 13.1. The van der Waals surface area contributed by atoms with E-state index >= 15 is 0 Å². The lowest BCUT2D eigenvalue weighted by atomic mass is 10.2. The van der Waals surface area contributed by atoms with Gasteiger partial charge in [-0.05, 0) is 12.8 Å². The highest BCUT2D eigenvalue weighted by Crippen LogP contribution is 2.12. The minimum Gasteiger partial charge on any atom is -0.381 e. The third-order valence-corrected chi connectivity index (χ3v) is 3.24. The molecule has 6 heteroatoms. The van der Waals surface area contributed by atoms with Gasteiger partial charge in [-0.25, -0.2) is 4.68 Å². The van der Waals surface area contributed by atoms with E-state index in [1.165, 1.54) is 0 Å². The van der Waals surface area contributed by atoms with Gasteiger partial charge in [0.15, 0.2) is 5.82 Å². The Morgan fingerprint density at radius 2 is 2.28 bits per heavy atom. The number of anilines is 1. The molecule has 0 aliphatic carbocycles. The summed E-state index contributed by atoms with van der Waals surface area (Å²) in [5, 5.41) is 7.91. The van der Waals surface area contributed by atoms with Crippen LogP contribution < -0.4 is 5.73 Å². The van der Waals surface area contributed by atoms with Crippen molar-refractivity contribution in [2.75, 3.05) is 32.0 Å². The van der Waals surface area contributed by atoms with Crippen LogP contribution in [0, 0.1) is 12.8 Å². The number of morpholine rings is 1. The number of aromatic nitrogens is 3. The van der Waals surface area contributed by atoms with Crippen molar-refractivity contribution in [1.29, 1.82) is 0 Å². The Morgan fingerprint density at radius 1 is 1.50 bits per heavy atom. The van der Waals surface area contributed by atoms with Gasteiger partial charge in [-0.15, -0.1) is 5.10 Å². The van der Waals surface area contributed by atoms with Gasteiger partial charge >= 0.3 is 0 Å². The van der Waals surface area contributed by atoms with Crippen LogP contribution in [-0.2, 0) is 11.3 Å². The first-order valence-electron chi connectivity index (χ1n) is 6.55. The lowest BCUT2D eigenvalue weighted by Crippen LogP contribution is -2.45. The van der Waals surface area contributed by atoms with Crippen LogP contribution in [0.25, 0.3) is 0 Å². The standard InChI is InChI=1S/C12H23N5O/c1-9(2)6-16-4-5-18-11(7-16)8-17-10(3)12(13)14-15-17/h9,11H,4-8,13H2,1-3H3. The summed E-state index contributed by atoms with van der Waals surface area (Å²) in [4.78, 5) is 2.45. The second kappa shape index (κ2) is 5.67. The summed E-state index contributed by atoms with van der Waals surface area (Å²) in [6.07, 6.45) is 0.178. The third-order valence-electron chi connectivity index (χ3n) is 3.24. The van der Waals surface area contributed by atoms with E-state index in [4.69, 9.17) is 10.5 Å². The fraction of sp³-hybridized carbons (Fsp3) is 0.833. The molecule has 1 fully saturated rings. The molecule has 1 atom stereocenters. The van der Waals surface area contributed by atoms with E-state index in [0.29, 0.717) is 11.7 Å². The van der Waals surface area contributed by atoms with Crippen LogP contribution >= 0.6 is 0 Å². The van der Waals surface area contributed by atoms with E-state index in [9.17, 15) is 0 Å². The Morgan fingerprint density at radius 3 is 2.89 bits per heavy atom. The number of rotatable bonds is 4. The van der Waals surface area contributed by atoms with Crippen LogP contribution in [-0.4, -0.2) is 52.2 Å². The summed E-state index contributed by atoms with van der Waals surface area (Å²) < 4.78 is 7.62. The van der Waals surface area contributed by atoms with Crippen LogP contribution in [0.15, 0.2) is 0 Å². The van der Waals surface area contributed by atoms with Crippen LogP contribution in [0.4, 0.5) is 5.82 Å². The summed E-state index contributed by atoms with van der Waals surface area (Å²) in [6.45, 7) is 11.0. The number of nitrogen functional groups attached to an aromatic ring is 1. The largest absolute Gasteiger partial charge is 0.381 e. The highest BCUT2D eigenvalue weighted by molar-refractivity contribution is 5.31. The molecule has 2 rings (SSSR count). The van der Waals surface area contributed by atoms with Gasteiger partial charge < -0.3 is 10.5 Å². The zero-order valence-corrected chi connectivity index (χ0v) is 11.5. The first-order valence-corrected chi connectivity index (χ1v) is 6.55. The van der Waals surface area contributed by atoms with Crippen molar-refractivity contribution >= 4 is 5.82 Å². The summed E-state index contributed by atoms with van der Waals surface area (Å²) in [6, 6.07) is 0. The number of hydrogen-bond acceptors (Lipinski definition) is 5. The highest BCUT2D eigenvalue weighted by Gasteiger charge is 2.22. The molecule has 0 spiro atoms. The molecule has 0 bridgehead atoms. The van der Waals surface area contributed by atoms with Crippen molar-refractivity contribution in [3.63, 3.8) is 0 Å². The molecule has 2 heterocycles. The molecule has 1 unspecified atom stereocenters.